The number of nitrogens with zero attached hydrogens (tertiary/aromatic N) is 2. The van der Waals surface area contributed by atoms with Crippen LogP contribution in [0.25, 0.3) is 0 Å². The predicted molar refractivity (Wildman–Crippen MR) is 71.2 cm³/mol. The zero-order chi connectivity index (χ0) is 14.3. The molecule has 6 heteroatoms. The molecule has 0 bridgehead atoms. The second-order valence-electron chi connectivity index (χ2n) is 4.32. The summed E-state index contributed by atoms with van der Waals surface area (Å²) < 4.78 is 13.9. The summed E-state index contributed by atoms with van der Waals surface area (Å²) in [5.74, 6) is -2.06. The van der Waals surface area contributed by atoms with E-state index in [9.17, 15) is 14.0 Å². The highest BCUT2D eigenvalue weighted by Gasteiger charge is 2.38. The first-order chi connectivity index (χ1) is 9.59. The van der Waals surface area contributed by atoms with E-state index in [2.05, 4.69) is 4.98 Å². The van der Waals surface area contributed by atoms with Gasteiger partial charge in [0, 0.05) is 12.4 Å². The second kappa shape index (κ2) is 4.68. The molecule has 3 rings (SSSR count). The Bertz CT molecular complexity index is 733. The molecule has 1 amide bonds. The van der Waals surface area contributed by atoms with Crippen molar-refractivity contribution >= 4 is 29.0 Å². The summed E-state index contributed by atoms with van der Waals surface area (Å²) >= 11 is 5.97. The molecular weight excluding hydrogens is 283 g/mol. The van der Waals surface area contributed by atoms with Gasteiger partial charge in [-0.05, 0) is 23.8 Å². The minimum atomic E-state index is -0.752. The number of halogens is 2. The van der Waals surface area contributed by atoms with Crippen LogP contribution in [0.3, 0.4) is 0 Å². The summed E-state index contributed by atoms with van der Waals surface area (Å²) in [5, 5.41) is 0.359. The van der Waals surface area contributed by atoms with E-state index in [1.54, 1.807) is 6.07 Å². The first kappa shape index (κ1) is 12.7. The van der Waals surface area contributed by atoms with Crippen LogP contribution in [0, 0.1) is 5.82 Å². The number of aromatic nitrogens is 1. The zero-order valence-electron chi connectivity index (χ0n) is 10.1. The fourth-order valence-corrected chi connectivity index (χ4v) is 2.34. The minimum Gasteiger partial charge on any atom is -0.297 e. The van der Waals surface area contributed by atoms with Crippen molar-refractivity contribution in [3.05, 3.63) is 58.6 Å². The summed E-state index contributed by atoms with van der Waals surface area (Å²) in [6, 6.07) is 5.68. The van der Waals surface area contributed by atoms with Crippen molar-refractivity contribution in [3.8, 4) is 0 Å². The summed E-state index contributed by atoms with van der Waals surface area (Å²) in [5.41, 5.74) is 0.689. The van der Waals surface area contributed by atoms with Gasteiger partial charge in [0.05, 0.1) is 22.8 Å². The van der Waals surface area contributed by atoms with E-state index in [-0.39, 0.29) is 17.8 Å². The summed E-state index contributed by atoms with van der Waals surface area (Å²) in [6.45, 7) is 0.0276. The van der Waals surface area contributed by atoms with Crippen LogP contribution in [-0.4, -0.2) is 16.7 Å². The Kier molecular flexibility index (Phi) is 2.99. The summed E-state index contributed by atoms with van der Waals surface area (Å²) in [6.07, 6.45) is 2.95. The van der Waals surface area contributed by atoms with Gasteiger partial charge in [-0.3, -0.25) is 19.5 Å². The number of para-hydroxylation sites is 1. The molecule has 0 aliphatic carbocycles. The molecule has 2 aromatic rings. The molecule has 1 aliphatic rings. The topological polar surface area (TPSA) is 50.3 Å². The smallest absolute Gasteiger partial charge is 0.297 e. The second-order valence-corrected chi connectivity index (χ2v) is 4.73. The number of ketones is 1. The molecule has 20 heavy (non-hydrogen) atoms. The number of carbonyl (C=O) groups is 2. The van der Waals surface area contributed by atoms with Gasteiger partial charge in [0.2, 0.25) is 0 Å². The Hall–Kier alpha value is -2.27. The number of hydrogen-bond donors (Lipinski definition) is 0. The van der Waals surface area contributed by atoms with E-state index in [4.69, 9.17) is 11.6 Å². The maximum absolute atomic E-state index is 13.9. The van der Waals surface area contributed by atoms with Crippen molar-refractivity contribution in [3.63, 3.8) is 0 Å². The molecule has 0 N–H and O–H groups in total. The van der Waals surface area contributed by atoms with Crippen molar-refractivity contribution < 1.29 is 14.0 Å². The first-order valence-corrected chi connectivity index (χ1v) is 6.20. The molecule has 0 spiro atoms. The molecule has 1 aromatic heterocycles. The van der Waals surface area contributed by atoms with Gasteiger partial charge in [-0.15, -0.1) is 0 Å². The van der Waals surface area contributed by atoms with E-state index < -0.39 is 17.5 Å². The Morgan fingerprint density at radius 2 is 2.05 bits per heavy atom. The van der Waals surface area contributed by atoms with Crippen molar-refractivity contribution in [2.24, 2.45) is 0 Å². The number of amides is 1. The van der Waals surface area contributed by atoms with Crippen LogP contribution in [0.4, 0.5) is 10.1 Å². The molecule has 0 saturated carbocycles. The van der Waals surface area contributed by atoms with Crippen molar-refractivity contribution in [1.82, 2.24) is 4.98 Å². The third-order valence-electron chi connectivity index (χ3n) is 3.13. The number of pyridine rings is 1. The lowest BCUT2D eigenvalue weighted by Gasteiger charge is -2.17. The third kappa shape index (κ3) is 1.87. The van der Waals surface area contributed by atoms with Crippen LogP contribution >= 0.6 is 11.6 Å². The molecule has 100 valence electrons. The lowest BCUT2D eigenvalue weighted by molar-refractivity contribution is -0.114. The molecule has 1 aliphatic heterocycles. The SMILES string of the molecule is O=C1C(=O)N(Cc2ccncc2Cl)c2c(F)cccc21. The normalized spacial score (nSPS) is 13.8. The van der Waals surface area contributed by atoms with Crippen molar-refractivity contribution in [2.75, 3.05) is 4.90 Å². The number of fused-ring (bicyclic) bond motifs is 1. The van der Waals surface area contributed by atoms with Crippen LogP contribution < -0.4 is 4.90 Å². The highest BCUT2D eigenvalue weighted by molar-refractivity contribution is 6.52. The fourth-order valence-electron chi connectivity index (χ4n) is 2.17. The van der Waals surface area contributed by atoms with E-state index in [1.807, 2.05) is 0 Å². The fraction of sp³-hybridized carbons (Fsp3) is 0.0714. The van der Waals surface area contributed by atoms with Gasteiger partial charge in [-0.25, -0.2) is 4.39 Å². The van der Waals surface area contributed by atoms with E-state index in [1.165, 1.54) is 30.6 Å². The maximum atomic E-state index is 13.9. The molecule has 1 aromatic carbocycles. The van der Waals surface area contributed by atoms with Gasteiger partial charge in [-0.2, -0.15) is 0 Å². The minimum absolute atomic E-state index is 0.00961. The Balaban J connectivity index is 2.06. The van der Waals surface area contributed by atoms with Crippen LogP contribution in [-0.2, 0) is 11.3 Å². The molecule has 4 nitrogen and oxygen atoms in total. The lowest BCUT2D eigenvalue weighted by atomic mass is 10.1. The van der Waals surface area contributed by atoms with Gasteiger partial charge in [0.1, 0.15) is 5.82 Å². The number of anilines is 1. The predicted octanol–water partition coefficient (Wildman–Crippen LogP) is 2.60. The number of benzene rings is 1. The van der Waals surface area contributed by atoms with Gasteiger partial charge in [-0.1, -0.05) is 17.7 Å². The summed E-state index contributed by atoms with van der Waals surface area (Å²) in [7, 11) is 0. The van der Waals surface area contributed by atoms with E-state index in [0.717, 1.165) is 4.90 Å². The molecule has 0 fully saturated rings. The number of Topliss-reactive ketones (excluding diaryl/α,β-unsaturated/α-hetero) is 1. The molecular formula is C14H8ClFN2O2. The maximum Gasteiger partial charge on any atom is 0.299 e. The third-order valence-corrected chi connectivity index (χ3v) is 3.47. The van der Waals surface area contributed by atoms with Crippen LogP contribution in [0.15, 0.2) is 36.7 Å². The Morgan fingerprint density at radius 3 is 2.80 bits per heavy atom. The highest BCUT2D eigenvalue weighted by atomic mass is 35.5. The Morgan fingerprint density at radius 1 is 1.25 bits per heavy atom. The quantitative estimate of drug-likeness (QED) is 0.799. The van der Waals surface area contributed by atoms with E-state index in [0.29, 0.717) is 10.6 Å². The van der Waals surface area contributed by atoms with Crippen LogP contribution in [0.5, 0.6) is 0 Å². The lowest BCUT2D eigenvalue weighted by Crippen LogP contribution is -2.29. The van der Waals surface area contributed by atoms with Crippen molar-refractivity contribution in [1.29, 1.82) is 0 Å². The highest BCUT2D eigenvalue weighted by Crippen LogP contribution is 2.33. The molecule has 0 radical (unpaired) electrons. The van der Waals surface area contributed by atoms with E-state index >= 15 is 0 Å². The van der Waals surface area contributed by atoms with Gasteiger partial charge < -0.3 is 0 Å². The largest absolute Gasteiger partial charge is 0.299 e. The Labute approximate surface area is 118 Å². The molecule has 0 saturated heterocycles. The van der Waals surface area contributed by atoms with Gasteiger partial charge in [0.15, 0.2) is 0 Å². The zero-order valence-corrected chi connectivity index (χ0v) is 10.9. The summed E-state index contributed by atoms with van der Waals surface area (Å²) in [4.78, 5) is 28.8. The first-order valence-electron chi connectivity index (χ1n) is 5.82. The number of carbonyl (C=O) groups excluding carboxylic acids is 2. The standard InChI is InChI=1S/C14H8ClFN2O2/c15-10-6-17-5-4-8(10)7-18-12-9(13(19)14(18)20)2-1-3-11(12)16/h1-6H,7H2. The molecule has 0 unspecified atom stereocenters. The molecule has 0 atom stereocenters. The average molecular weight is 291 g/mol. The van der Waals surface area contributed by atoms with Gasteiger partial charge in [0.25, 0.3) is 11.7 Å². The number of hydrogen-bond acceptors (Lipinski definition) is 3. The van der Waals surface area contributed by atoms with Crippen molar-refractivity contribution in [2.45, 2.75) is 6.54 Å². The van der Waals surface area contributed by atoms with Crippen LogP contribution in [0.2, 0.25) is 5.02 Å². The number of rotatable bonds is 2. The monoisotopic (exact) mass is 290 g/mol. The van der Waals surface area contributed by atoms with Gasteiger partial charge >= 0.3 is 0 Å². The van der Waals surface area contributed by atoms with Crippen LogP contribution in [0.1, 0.15) is 15.9 Å². The molecule has 2 heterocycles. The average Bonchev–Trinajstić information content (AvgIpc) is 2.68.